The van der Waals surface area contributed by atoms with Crippen molar-refractivity contribution in [3.63, 3.8) is 0 Å². The summed E-state index contributed by atoms with van der Waals surface area (Å²) in [5, 5.41) is 31.1. The molecule has 1 fully saturated rings. The van der Waals surface area contributed by atoms with Crippen molar-refractivity contribution in [1.82, 2.24) is 35.7 Å². The molecular weight excluding hydrogens is 1040 g/mol. The van der Waals surface area contributed by atoms with E-state index in [1.54, 1.807) is 10.8 Å². The second kappa shape index (κ2) is 28.0. The number of carboxylic acids is 1. The van der Waals surface area contributed by atoms with Crippen LogP contribution >= 0.6 is 11.8 Å². The number of imide groups is 1. The summed E-state index contributed by atoms with van der Waals surface area (Å²) in [5.41, 5.74) is 17.5. The maximum atomic E-state index is 15.1. The summed E-state index contributed by atoms with van der Waals surface area (Å²) in [5.74, 6) is -6.98. The Morgan fingerprint density at radius 1 is 0.885 bits per heavy atom. The van der Waals surface area contributed by atoms with E-state index in [1.165, 1.54) is 36.1 Å². The van der Waals surface area contributed by atoms with E-state index in [0.29, 0.717) is 5.82 Å². The normalized spacial score (nSPS) is 15.3. The maximum absolute atomic E-state index is 15.1. The van der Waals surface area contributed by atoms with Gasteiger partial charge >= 0.3 is 12.0 Å². The number of thioether (sulfide) groups is 1. The average Bonchev–Trinajstić information content (AvgIpc) is 3.99. The Hall–Kier alpha value is -7.81. The minimum Gasteiger partial charge on any atom is -0.480 e. The molecule has 6 atom stereocenters. The third-order valence-corrected chi connectivity index (χ3v) is 13.7. The van der Waals surface area contributed by atoms with Crippen LogP contribution in [0.3, 0.4) is 0 Å². The number of nitrogens with two attached hydrogens (primary N) is 3. The number of aliphatic hydroxyl groups is 1. The van der Waals surface area contributed by atoms with Gasteiger partial charge in [0, 0.05) is 62.2 Å². The molecular formula is C52H66F2N12O11S. The Morgan fingerprint density at radius 3 is 2.22 bits per heavy atom. The second-order valence-corrected chi connectivity index (χ2v) is 20.8. The van der Waals surface area contributed by atoms with Crippen LogP contribution in [0.5, 0.6) is 0 Å². The van der Waals surface area contributed by atoms with Crippen LogP contribution in [0.25, 0.3) is 11.3 Å². The Kier molecular flexibility index (Phi) is 21.9. The molecule has 1 unspecified atom stereocenters. The highest BCUT2D eigenvalue weighted by Crippen LogP contribution is 2.40. The van der Waals surface area contributed by atoms with E-state index in [-0.39, 0.29) is 86.7 Å². The van der Waals surface area contributed by atoms with Crippen molar-refractivity contribution in [3.05, 3.63) is 102 Å². The van der Waals surface area contributed by atoms with Crippen LogP contribution < -0.4 is 48.7 Å². The highest BCUT2D eigenvalue weighted by Gasteiger charge is 2.41. The topological polar surface area (TPSA) is 357 Å². The number of carboxylic acid groups (broad SMARTS) is 1. The van der Waals surface area contributed by atoms with Gasteiger partial charge in [0.05, 0.1) is 28.7 Å². The first-order chi connectivity index (χ1) is 36.9. The lowest BCUT2D eigenvalue weighted by Gasteiger charge is -2.40. The van der Waals surface area contributed by atoms with Crippen LogP contribution in [0.15, 0.2) is 79.0 Å². The van der Waals surface area contributed by atoms with Crippen LogP contribution in [-0.4, -0.2) is 139 Å². The van der Waals surface area contributed by atoms with E-state index in [4.69, 9.17) is 27.3 Å². The quantitative estimate of drug-likeness (QED) is 0.0301. The molecule has 0 saturated carbocycles. The van der Waals surface area contributed by atoms with Crippen LogP contribution in [-0.2, 0) is 44.9 Å². The predicted molar refractivity (Wildman–Crippen MR) is 285 cm³/mol. The van der Waals surface area contributed by atoms with Gasteiger partial charge in [-0.1, -0.05) is 51.1 Å². The number of rotatable bonds is 27. The average molecular weight is 1110 g/mol. The van der Waals surface area contributed by atoms with Crippen LogP contribution in [0, 0.1) is 17.0 Å². The van der Waals surface area contributed by atoms with Crippen molar-refractivity contribution in [3.8, 4) is 11.3 Å². The number of nitrogens with one attached hydrogen (secondary N) is 5. The van der Waals surface area contributed by atoms with Gasteiger partial charge in [0.2, 0.25) is 41.4 Å². The van der Waals surface area contributed by atoms with E-state index < -0.39 is 112 Å². The van der Waals surface area contributed by atoms with Crippen LogP contribution in [0.2, 0.25) is 0 Å². The summed E-state index contributed by atoms with van der Waals surface area (Å²) in [6.45, 7) is 5.89. The standard InChI is InChI=1S/C52H66F2N12O11S/c1-29(46(71)63-38(11-8-20-59-51(57)77)48(73)61-32-13-15-33(16-14-32)66-42(69)24-40(49(66)74)78-28-37(56)50(75)76)60-41(68)18-21-58-47(72)36(55)19-22-65(43(70)27-67)44(52(2,3)4)45-62-39(34-23-31(53)12-17-35(34)54)26-64(45)25-30-9-6-5-7-10-30/h5-7,9-10,12-17,23,26,29,36-38,40,44,67H,8,11,18-22,24-25,27-28,55-56H2,1-4H3,(H,58,72)(H,60,68)(H,61,73)(H,63,71)(H,75,76)(H3,57,59,77)/t29-,36-,37-,38-,40?,44-/m0/s1. The Bertz CT molecular complexity index is 2820. The number of nitrogens with zero attached hydrogens (tertiary/aromatic N) is 4. The molecule has 1 aliphatic rings. The molecule has 5 rings (SSSR count). The molecule has 1 aromatic heterocycles. The van der Waals surface area contributed by atoms with E-state index in [2.05, 4.69) is 26.6 Å². The summed E-state index contributed by atoms with van der Waals surface area (Å²) >= 11 is 0.964. The molecule has 26 heteroatoms. The zero-order valence-corrected chi connectivity index (χ0v) is 44.3. The fraction of sp³-hybridized carbons (Fsp3) is 0.423. The number of urea groups is 1. The van der Waals surface area contributed by atoms with Crippen molar-refractivity contribution >= 4 is 76.5 Å². The summed E-state index contributed by atoms with van der Waals surface area (Å²) in [4.78, 5) is 122. The number of aliphatic hydroxyl groups excluding tert-OH is 1. The van der Waals surface area contributed by atoms with Crippen LogP contribution in [0.4, 0.5) is 25.0 Å². The first-order valence-corrected chi connectivity index (χ1v) is 25.9. The van der Waals surface area contributed by atoms with E-state index in [9.17, 15) is 52.6 Å². The summed E-state index contributed by atoms with van der Waals surface area (Å²) in [7, 11) is 0. The molecule has 78 heavy (non-hydrogen) atoms. The molecule has 0 spiro atoms. The molecule has 420 valence electrons. The molecule has 3 aromatic carbocycles. The van der Waals surface area contributed by atoms with Crippen molar-refractivity contribution < 1.29 is 62.1 Å². The first-order valence-electron chi connectivity index (χ1n) is 24.9. The monoisotopic (exact) mass is 1100 g/mol. The predicted octanol–water partition coefficient (Wildman–Crippen LogP) is 1.86. The summed E-state index contributed by atoms with van der Waals surface area (Å²) in [6, 6.07) is 11.4. The minimum absolute atomic E-state index is 0.00440. The number of primary amides is 1. The molecule has 0 bridgehead atoms. The number of aliphatic carboxylic acids is 1. The van der Waals surface area contributed by atoms with Crippen LogP contribution in [0.1, 0.15) is 77.2 Å². The number of hydrogen-bond acceptors (Lipinski definition) is 14. The molecule has 9 amide bonds. The van der Waals surface area contributed by atoms with Crippen molar-refractivity contribution in [2.75, 3.05) is 42.2 Å². The number of carbonyl (C=O) groups is 9. The fourth-order valence-corrected chi connectivity index (χ4v) is 9.47. The lowest BCUT2D eigenvalue weighted by atomic mass is 9.84. The lowest BCUT2D eigenvalue weighted by molar-refractivity contribution is -0.140. The van der Waals surface area contributed by atoms with Crippen molar-refractivity contribution in [2.24, 2.45) is 22.6 Å². The molecule has 0 aliphatic carbocycles. The Balaban J connectivity index is 1.17. The zero-order valence-electron chi connectivity index (χ0n) is 43.5. The number of halogens is 2. The fourth-order valence-electron chi connectivity index (χ4n) is 8.38. The molecule has 2 heterocycles. The SMILES string of the molecule is C[C@H](NC(=O)CCNC(=O)[C@@H](N)CCN(C(=O)CO)[C@@H](c1nc(-c2cc(F)ccc2F)cn1Cc1ccccc1)C(C)(C)C)C(=O)N[C@@H](CCCNC(N)=O)C(=O)Nc1ccc(N2C(=O)CC(SC[C@H](N)C(=O)O)C2=O)cc1. The summed E-state index contributed by atoms with van der Waals surface area (Å²) in [6.07, 6.45) is 1.17. The van der Waals surface area contributed by atoms with Gasteiger partial charge in [-0.25, -0.2) is 23.5 Å². The first kappa shape index (κ1) is 61.0. The number of carbonyl (C=O) groups excluding carboxylic acids is 8. The number of imidazole rings is 1. The van der Waals surface area contributed by atoms with Crippen molar-refractivity contribution in [1.29, 1.82) is 0 Å². The highest BCUT2D eigenvalue weighted by atomic mass is 32.2. The zero-order chi connectivity index (χ0) is 57.4. The molecule has 1 saturated heterocycles. The largest absolute Gasteiger partial charge is 0.480 e. The minimum atomic E-state index is -1.24. The van der Waals surface area contributed by atoms with Gasteiger partial charge < -0.3 is 63.5 Å². The van der Waals surface area contributed by atoms with E-state index in [0.717, 1.165) is 40.4 Å². The third kappa shape index (κ3) is 17.1. The second-order valence-electron chi connectivity index (χ2n) is 19.5. The highest BCUT2D eigenvalue weighted by molar-refractivity contribution is 8.00. The number of anilines is 2. The molecule has 4 aromatic rings. The van der Waals surface area contributed by atoms with Gasteiger partial charge in [-0.3, -0.25) is 38.4 Å². The maximum Gasteiger partial charge on any atom is 0.321 e. The van der Waals surface area contributed by atoms with Gasteiger partial charge in [-0.05, 0) is 79.6 Å². The number of amides is 9. The number of aromatic nitrogens is 2. The van der Waals surface area contributed by atoms with Gasteiger partial charge in [-0.15, -0.1) is 11.8 Å². The molecule has 13 N–H and O–H groups in total. The summed E-state index contributed by atoms with van der Waals surface area (Å²) < 4.78 is 31.3. The van der Waals surface area contributed by atoms with Gasteiger partial charge in [0.15, 0.2) is 0 Å². The number of hydrogen-bond donors (Lipinski definition) is 10. The lowest BCUT2D eigenvalue weighted by Crippen LogP contribution is -2.52. The Morgan fingerprint density at radius 2 is 1.58 bits per heavy atom. The molecule has 0 radical (unpaired) electrons. The number of benzene rings is 3. The molecule has 23 nitrogen and oxygen atoms in total. The van der Waals surface area contributed by atoms with Gasteiger partial charge in [0.1, 0.15) is 42.2 Å². The smallest absolute Gasteiger partial charge is 0.321 e. The third-order valence-electron chi connectivity index (χ3n) is 12.4. The Labute approximate surface area is 452 Å². The van der Waals surface area contributed by atoms with Crippen molar-refractivity contribution in [2.45, 2.75) is 102 Å². The van der Waals surface area contributed by atoms with Gasteiger partial charge in [0.25, 0.3) is 0 Å². The van der Waals surface area contributed by atoms with E-state index in [1.807, 2.05) is 51.1 Å². The van der Waals surface area contributed by atoms with E-state index >= 15 is 4.39 Å². The van der Waals surface area contributed by atoms with Gasteiger partial charge in [-0.2, -0.15) is 0 Å². The molecule has 1 aliphatic heterocycles.